The van der Waals surface area contributed by atoms with Gasteiger partial charge in [0, 0.05) is 5.25 Å². The Labute approximate surface area is 103 Å². The van der Waals surface area contributed by atoms with Gasteiger partial charge < -0.3 is 0 Å². The van der Waals surface area contributed by atoms with Crippen LogP contribution < -0.4 is 0 Å². The summed E-state index contributed by atoms with van der Waals surface area (Å²) in [4.78, 5) is 0. The molecule has 0 spiro atoms. The predicted octanol–water partition coefficient (Wildman–Crippen LogP) is 5.18. The van der Waals surface area contributed by atoms with Gasteiger partial charge in [-0.1, -0.05) is 54.4 Å². The van der Waals surface area contributed by atoms with Gasteiger partial charge in [-0.2, -0.15) is 12.6 Å². The molecule has 0 aromatic rings. The molecule has 15 heavy (non-hydrogen) atoms. The summed E-state index contributed by atoms with van der Waals surface area (Å²) in [5, 5.41) is 0.591. The molecule has 0 aliphatic heterocycles. The molecule has 0 bridgehead atoms. The number of rotatable bonds is 7. The third-order valence-corrected chi connectivity index (χ3v) is 4.34. The van der Waals surface area contributed by atoms with E-state index in [2.05, 4.69) is 41.5 Å². The summed E-state index contributed by atoms with van der Waals surface area (Å²) in [5.74, 6) is 1.57. The van der Waals surface area contributed by atoms with Crippen LogP contribution in [0.1, 0.15) is 67.2 Å². The van der Waals surface area contributed by atoms with Gasteiger partial charge >= 0.3 is 0 Å². The van der Waals surface area contributed by atoms with Gasteiger partial charge in [0.05, 0.1) is 0 Å². The lowest BCUT2D eigenvalue weighted by Crippen LogP contribution is -2.30. The van der Waals surface area contributed by atoms with E-state index in [1.54, 1.807) is 0 Å². The van der Waals surface area contributed by atoms with Gasteiger partial charge in [0.25, 0.3) is 0 Å². The first-order valence-corrected chi connectivity index (χ1v) is 7.04. The minimum atomic E-state index is 0.461. The molecule has 0 aromatic carbocycles. The highest BCUT2D eigenvalue weighted by Crippen LogP contribution is 2.39. The molecule has 0 aliphatic rings. The molecule has 2 atom stereocenters. The van der Waals surface area contributed by atoms with Crippen molar-refractivity contribution in [1.82, 2.24) is 0 Å². The van der Waals surface area contributed by atoms with E-state index in [0.29, 0.717) is 10.7 Å². The van der Waals surface area contributed by atoms with Crippen LogP contribution >= 0.6 is 12.6 Å². The van der Waals surface area contributed by atoms with Crippen LogP contribution in [-0.2, 0) is 0 Å². The van der Waals surface area contributed by atoms with E-state index in [9.17, 15) is 0 Å². The van der Waals surface area contributed by atoms with E-state index < -0.39 is 0 Å². The molecule has 0 radical (unpaired) electrons. The summed E-state index contributed by atoms with van der Waals surface area (Å²) in [6.07, 6.45) is 5.05. The highest BCUT2D eigenvalue weighted by Gasteiger charge is 2.31. The Morgan fingerprint density at radius 1 is 1.13 bits per heavy atom. The predicted molar refractivity (Wildman–Crippen MR) is 74.7 cm³/mol. The summed E-state index contributed by atoms with van der Waals surface area (Å²) in [7, 11) is 0. The molecule has 0 fully saturated rings. The first kappa shape index (κ1) is 15.3. The van der Waals surface area contributed by atoms with Gasteiger partial charge in [0.15, 0.2) is 0 Å². The van der Waals surface area contributed by atoms with Crippen molar-refractivity contribution in [2.45, 2.75) is 72.5 Å². The molecule has 0 amide bonds. The van der Waals surface area contributed by atoms with Crippen molar-refractivity contribution in [3.63, 3.8) is 0 Å². The van der Waals surface area contributed by atoms with Crippen molar-refractivity contribution in [2.24, 2.45) is 17.3 Å². The lowest BCUT2D eigenvalue weighted by atomic mass is 9.69. The minimum absolute atomic E-state index is 0.461. The Morgan fingerprint density at radius 2 is 1.67 bits per heavy atom. The van der Waals surface area contributed by atoms with Crippen LogP contribution in [0, 0.1) is 17.3 Å². The maximum Gasteiger partial charge on any atom is 0.00196 e. The summed E-state index contributed by atoms with van der Waals surface area (Å²) in [6, 6.07) is 0. The molecule has 0 heterocycles. The SMILES string of the molecule is CCCC(S)CC(C(C)C)C(C)(C)CC. The van der Waals surface area contributed by atoms with E-state index in [4.69, 9.17) is 12.6 Å². The minimum Gasteiger partial charge on any atom is -0.176 e. The van der Waals surface area contributed by atoms with Crippen molar-refractivity contribution in [3.8, 4) is 0 Å². The molecule has 0 saturated heterocycles. The van der Waals surface area contributed by atoms with Crippen molar-refractivity contribution < 1.29 is 0 Å². The van der Waals surface area contributed by atoms with Gasteiger partial charge in [-0.25, -0.2) is 0 Å². The average molecular weight is 230 g/mol. The molecule has 1 heteroatoms. The maximum atomic E-state index is 4.71. The first-order valence-electron chi connectivity index (χ1n) is 6.53. The standard InChI is InChI=1S/C14H30S/c1-7-9-12(15)10-13(11(3)4)14(5,6)8-2/h11-13,15H,7-10H2,1-6H3. The smallest absolute Gasteiger partial charge is 0.00196 e. The summed E-state index contributed by atoms with van der Waals surface area (Å²) >= 11 is 4.71. The highest BCUT2D eigenvalue weighted by atomic mass is 32.1. The Morgan fingerprint density at radius 3 is 2.00 bits per heavy atom. The molecule has 92 valence electrons. The van der Waals surface area contributed by atoms with E-state index in [0.717, 1.165) is 11.8 Å². The fraction of sp³-hybridized carbons (Fsp3) is 1.00. The highest BCUT2D eigenvalue weighted by molar-refractivity contribution is 7.80. The van der Waals surface area contributed by atoms with Crippen LogP contribution in [-0.4, -0.2) is 5.25 Å². The van der Waals surface area contributed by atoms with Crippen LogP contribution in [0.3, 0.4) is 0 Å². The zero-order chi connectivity index (χ0) is 12.1. The maximum absolute atomic E-state index is 4.71. The van der Waals surface area contributed by atoms with E-state index in [1.165, 1.54) is 25.7 Å². The average Bonchev–Trinajstić information content (AvgIpc) is 2.14. The van der Waals surface area contributed by atoms with Gasteiger partial charge in [-0.05, 0) is 30.1 Å². The Balaban J connectivity index is 4.41. The Bertz CT molecular complexity index is 161. The van der Waals surface area contributed by atoms with Crippen LogP contribution in [0.2, 0.25) is 0 Å². The zero-order valence-corrected chi connectivity index (χ0v) is 12.4. The molecule has 0 rings (SSSR count). The van der Waals surface area contributed by atoms with E-state index >= 15 is 0 Å². The number of hydrogen-bond acceptors (Lipinski definition) is 1. The molecule has 0 aromatic heterocycles. The van der Waals surface area contributed by atoms with Crippen molar-refractivity contribution in [3.05, 3.63) is 0 Å². The molecule has 0 aliphatic carbocycles. The van der Waals surface area contributed by atoms with Crippen molar-refractivity contribution in [2.75, 3.05) is 0 Å². The second kappa shape index (κ2) is 6.83. The van der Waals surface area contributed by atoms with Gasteiger partial charge in [-0.15, -0.1) is 0 Å². The second-order valence-electron chi connectivity index (χ2n) is 5.87. The molecule has 0 saturated carbocycles. The quantitative estimate of drug-likeness (QED) is 0.572. The van der Waals surface area contributed by atoms with E-state index in [-0.39, 0.29) is 0 Å². The Hall–Kier alpha value is 0.350. The number of thiol groups is 1. The summed E-state index contributed by atoms with van der Waals surface area (Å²) in [5.41, 5.74) is 0.461. The second-order valence-corrected chi connectivity index (χ2v) is 6.60. The molecule has 0 nitrogen and oxygen atoms in total. The monoisotopic (exact) mass is 230 g/mol. The van der Waals surface area contributed by atoms with Crippen LogP contribution in [0.25, 0.3) is 0 Å². The normalized spacial score (nSPS) is 16.8. The largest absolute Gasteiger partial charge is 0.176 e. The van der Waals surface area contributed by atoms with Crippen LogP contribution in [0.5, 0.6) is 0 Å². The van der Waals surface area contributed by atoms with Gasteiger partial charge in [0.2, 0.25) is 0 Å². The van der Waals surface area contributed by atoms with Crippen LogP contribution in [0.15, 0.2) is 0 Å². The number of hydrogen-bond donors (Lipinski definition) is 1. The fourth-order valence-corrected chi connectivity index (χ4v) is 2.99. The zero-order valence-electron chi connectivity index (χ0n) is 11.5. The van der Waals surface area contributed by atoms with Gasteiger partial charge in [0.1, 0.15) is 0 Å². The third-order valence-electron chi connectivity index (χ3n) is 3.87. The third kappa shape index (κ3) is 5.29. The molecule has 2 unspecified atom stereocenters. The van der Waals surface area contributed by atoms with Crippen molar-refractivity contribution in [1.29, 1.82) is 0 Å². The van der Waals surface area contributed by atoms with Crippen LogP contribution in [0.4, 0.5) is 0 Å². The lowest BCUT2D eigenvalue weighted by molar-refractivity contribution is 0.138. The molecular weight excluding hydrogens is 200 g/mol. The molecule has 0 N–H and O–H groups in total. The summed E-state index contributed by atoms with van der Waals surface area (Å²) < 4.78 is 0. The Kier molecular flexibility index (Phi) is 6.99. The van der Waals surface area contributed by atoms with Crippen molar-refractivity contribution >= 4 is 12.6 Å². The van der Waals surface area contributed by atoms with Gasteiger partial charge in [-0.3, -0.25) is 0 Å². The van der Waals surface area contributed by atoms with E-state index in [1.807, 2.05) is 0 Å². The topological polar surface area (TPSA) is 0 Å². The lowest BCUT2D eigenvalue weighted by Gasteiger charge is -2.38. The molecular formula is C14H30S. The first-order chi connectivity index (χ1) is 6.85. The summed E-state index contributed by atoms with van der Waals surface area (Å²) in [6.45, 7) is 14.1. The fourth-order valence-electron chi connectivity index (χ4n) is 2.50.